The average Bonchev–Trinajstić information content (AvgIpc) is 3.02. The Kier molecular flexibility index (Phi) is 3.50. The second-order valence-corrected chi connectivity index (χ2v) is 6.31. The molecule has 2 unspecified atom stereocenters. The van der Waals surface area contributed by atoms with Crippen molar-refractivity contribution in [2.24, 2.45) is 5.92 Å². The Balaban J connectivity index is 2.74. The first kappa shape index (κ1) is 13.9. The molecule has 1 fully saturated rings. The van der Waals surface area contributed by atoms with Gasteiger partial charge in [-0.3, -0.25) is 0 Å². The molecule has 0 amide bonds. The fourth-order valence-corrected chi connectivity index (χ4v) is 3.57. The predicted octanol–water partition coefficient (Wildman–Crippen LogP) is 3.65. The highest BCUT2D eigenvalue weighted by Crippen LogP contribution is 2.58. The van der Waals surface area contributed by atoms with E-state index in [-0.39, 0.29) is 12.0 Å². The summed E-state index contributed by atoms with van der Waals surface area (Å²) in [4.78, 5) is 0. The minimum atomic E-state index is -0.101. The van der Waals surface area contributed by atoms with Crippen molar-refractivity contribution in [1.29, 1.82) is 0 Å². The monoisotopic (exact) mass is 312 g/mol. The Morgan fingerprint density at radius 1 is 1.28 bits per heavy atom. The summed E-state index contributed by atoms with van der Waals surface area (Å²) in [5, 5.41) is 9.81. The van der Waals surface area contributed by atoms with Crippen molar-refractivity contribution in [3.8, 4) is 5.75 Å². The van der Waals surface area contributed by atoms with Crippen molar-refractivity contribution in [3.63, 3.8) is 0 Å². The van der Waals surface area contributed by atoms with Crippen LogP contribution in [0.3, 0.4) is 0 Å². The first-order chi connectivity index (χ1) is 8.40. The highest BCUT2D eigenvalue weighted by Gasteiger charge is 2.54. The van der Waals surface area contributed by atoms with Gasteiger partial charge in [0.05, 0.1) is 13.7 Å². The number of benzene rings is 1. The van der Waals surface area contributed by atoms with Crippen LogP contribution in [0.4, 0.5) is 0 Å². The van der Waals surface area contributed by atoms with Crippen molar-refractivity contribution in [2.45, 2.75) is 39.5 Å². The molecule has 1 N–H and O–H groups in total. The van der Waals surface area contributed by atoms with Gasteiger partial charge < -0.3 is 9.84 Å². The van der Waals surface area contributed by atoms with Gasteiger partial charge in [0.15, 0.2) is 0 Å². The fraction of sp³-hybridized carbons (Fsp3) is 0.600. The van der Waals surface area contributed by atoms with Crippen LogP contribution < -0.4 is 4.74 Å². The van der Waals surface area contributed by atoms with Crippen molar-refractivity contribution < 1.29 is 9.84 Å². The van der Waals surface area contributed by atoms with Gasteiger partial charge in [-0.05, 0) is 49.8 Å². The molecule has 2 rings (SSSR count). The van der Waals surface area contributed by atoms with Gasteiger partial charge in [-0.2, -0.15) is 0 Å². The number of aliphatic hydroxyl groups excluding tert-OH is 1. The van der Waals surface area contributed by atoms with Crippen LogP contribution in [0.15, 0.2) is 4.47 Å². The highest BCUT2D eigenvalue weighted by molar-refractivity contribution is 9.10. The minimum absolute atomic E-state index is 0.101. The SMILES string of the molecule is COc1c(C)c(C)c(Br)c(C)c1C1(CO)CC1C. The molecule has 0 bridgehead atoms. The molecule has 1 aromatic carbocycles. The van der Waals surface area contributed by atoms with E-state index in [2.05, 4.69) is 43.6 Å². The highest BCUT2D eigenvalue weighted by atomic mass is 79.9. The lowest BCUT2D eigenvalue weighted by Gasteiger charge is -2.24. The number of rotatable bonds is 3. The van der Waals surface area contributed by atoms with Crippen LogP contribution in [-0.4, -0.2) is 18.8 Å². The Bertz CT molecular complexity index is 492. The third-order valence-corrected chi connectivity index (χ3v) is 5.79. The predicted molar refractivity (Wildman–Crippen MR) is 77.4 cm³/mol. The van der Waals surface area contributed by atoms with E-state index in [1.54, 1.807) is 7.11 Å². The maximum Gasteiger partial charge on any atom is 0.126 e. The van der Waals surface area contributed by atoms with E-state index in [0.717, 1.165) is 22.2 Å². The molecular formula is C15H21BrO2. The number of halogens is 1. The van der Waals surface area contributed by atoms with E-state index in [4.69, 9.17) is 4.74 Å². The second kappa shape index (κ2) is 4.53. The van der Waals surface area contributed by atoms with E-state index in [1.807, 2.05) is 0 Å². The summed E-state index contributed by atoms with van der Waals surface area (Å²) in [6, 6.07) is 0. The third kappa shape index (κ3) is 1.71. The van der Waals surface area contributed by atoms with E-state index in [1.165, 1.54) is 16.7 Å². The largest absolute Gasteiger partial charge is 0.496 e. The average molecular weight is 313 g/mol. The van der Waals surface area contributed by atoms with Crippen LogP contribution in [0, 0.1) is 26.7 Å². The van der Waals surface area contributed by atoms with Gasteiger partial charge in [-0.1, -0.05) is 22.9 Å². The van der Waals surface area contributed by atoms with Gasteiger partial charge in [0.1, 0.15) is 5.75 Å². The summed E-state index contributed by atoms with van der Waals surface area (Å²) < 4.78 is 6.78. The molecular weight excluding hydrogens is 292 g/mol. The van der Waals surface area contributed by atoms with Gasteiger partial charge in [-0.25, -0.2) is 0 Å². The molecule has 2 nitrogen and oxygen atoms in total. The molecule has 3 heteroatoms. The van der Waals surface area contributed by atoms with Crippen molar-refractivity contribution in [2.75, 3.05) is 13.7 Å². The molecule has 0 aliphatic heterocycles. The third-order valence-electron chi connectivity index (χ3n) is 4.60. The van der Waals surface area contributed by atoms with Gasteiger partial charge in [0.25, 0.3) is 0 Å². The van der Waals surface area contributed by atoms with Crippen LogP contribution in [0.1, 0.15) is 35.6 Å². The number of hydrogen-bond donors (Lipinski definition) is 1. The normalized spacial score (nSPS) is 26.3. The summed E-state index contributed by atoms with van der Waals surface area (Å²) in [7, 11) is 1.72. The standard InChI is InChI=1S/C15H21BrO2/c1-8-6-15(8,7-17)12-11(4)13(16)9(2)10(3)14(12)18-5/h8,17H,6-7H2,1-5H3. The lowest BCUT2D eigenvalue weighted by molar-refractivity contribution is 0.242. The molecule has 1 aliphatic carbocycles. The van der Waals surface area contributed by atoms with E-state index >= 15 is 0 Å². The molecule has 0 spiro atoms. The summed E-state index contributed by atoms with van der Waals surface area (Å²) in [6.07, 6.45) is 1.04. The number of methoxy groups -OCH3 is 1. The fourth-order valence-electron chi connectivity index (χ4n) is 3.07. The quantitative estimate of drug-likeness (QED) is 0.923. The van der Waals surface area contributed by atoms with Crippen molar-refractivity contribution in [3.05, 3.63) is 26.7 Å². The topological polar surface area (TPSA) is 29.5 Å². The minimum Gasteiger partial charge on any atom is -0.496 e. The molecule has 2 atom stereocenters. The zero-order valence-electron chi connectivity index (χ0n) is 11.7. The van der Waals surface area contributed by atoms with Crippen molar-refractivity contribution in [1.82, 2.24) is 0 Å². The van der Waals surface area contributed by atoms with Gasteiger partial charge in [0, 0.05) is 15.5 Å². The summed E-state index contributed by atoms with van der Waals surface area (Å²) in [5.74, 6) is 1.47. The van der Waals surface area contributed by atoms with E-state index < -0.39 is 0 Å². The molecule has 18 heavy (non-hydrogen) atoms. The smallest absolute Gasteiger partial charge is 0.126 e. The van der Waals surface area contributed by atoms with Crippen LogP contribution in [0.5, 0.6) is 5.75 Å². The lowest BCUT2D eigenvalue weighted by atomic mass is 9.86. The number of hydrogen-bond acceptors (Lipinski definition) is 2. The van der Waals surface area contributed by atoms with Crippen molar-refractivity contribution >= 4 is 15.9 Å². The molecule has 1 aliphatic rings. The van der Waals surface area contributed by atoms with Crippen LogP contribution in [0.2, 0.25) is 0 Å². The number of aliphatic hydroxyl groups is 1. The Hall–Kier alpha value is -0.540. The molecule has 0 heterocycles. The maximum absolute atomic E-state index is 9.81. The summed E-state index contributed by atoms with van der Waals surface area (Å²) >= 11 is 3.68. The maximum atomic E-state index is 9.81. The van der Waals surface area contributed by atoms with E-state index in [9.17, 15) is 5.11 Å². The summed E-state index contributed by atoms with van der Waals surface area (Å²) in [6.45, 7) is 8.68. The van der Waals surface area contributed by atoms with Gasteiger partial charge in [-0.15, -0.1) is 0 Å². The zero-order chi connectivity index (χ0) is 13.7. The lowest BCUT2D eigenvalue weighted by Crippen LogP contribution is -2.19. The summed E-state index contributed by atoms with van der Waals surface area (Å²) in [5.41, 5.74) is 4.67. The second-order valence-electron chi connectivity index (χ2n) is 5.52. The molecule has 0 aromatic heterocycles. The Morgan fingerprint density at radius 2 is 1.83 bits per heavy atom. The molecule has 0 radical (unpaired) electrons. The first-order valence-electron chi connectivity index (χ1n) is 6.35. The Morgan fingerprint density at radius 3 is 2.22 bits per heavy atom. The molecule has 100 valence electrons. The Labute approximate surface area is 117 Å². The molecule has 1 saturated carbocycles. The van der Waals surface area contributed by atoms with Crippen LogP contribution >= 0.6 is 15.9 Å². The van der Waals surface area contributed by atoms with Gasteiger partial charge >= 0.3 is 0 Å². The van der Waals surface area contributed by atoms with Gasteiger partial charge in [0.2, 0.25) is 0 Å². The zero-order valence-corrected chi connectivity index (χ0v) is 13.3. The van der Waals surface area contributed by atoms with Crippen LogP contribution in [0.25, 0.3) is 0 Å². The number of ether oxygens (including phenoxy) is 1. The molecule has 1 aromatic rings. The van der Waals surface area contributed by atoms with Crippen LogP contribution in [-0.2, 0) is 5.41 Å². The molecule has 0 saturated heterocycles. The first-order valence-corrected chi connectivity index (χ1v) is 7.14. The van der Waals surface area contributed by atoms with E-state index in [0.29, 0.717) is 5.92 Å².